The Labute approximate surface area is 165 Å². The fourth-order valence-electron chi connectivity index (χ4n) is 2.70. The number of allylic oxidation sites excluding steroid dienone is 1. The van der Waals surface area contributed by atoms with Crippen LogP contribution >= 0.6 is 27.5 Å². The summed E-state index contributed by atoms with van der Waals surface area (Å²) in [5.74, 6) is 0.133. The van der Waals surface area contributed by atoms with Gasteiger partial charge in [-0.1, -0.05) is 45.7 Å². The van der Waals surface area contributed by atoms with Crippen LogP contribution in [0, 0.1) is 0 Å². The standard InChI is InChI=1S/C19H17BrClN3O2/c1-11-16(18(25)26-2)17(12-6-8-14(21)9-7-12)24-19(22-11)23-15-5-3-4-13(20)10-15/h3-10,17H,1-2H3,(H2,22,23,24). The molecular formula is C19H17BrClN3O2. The van der Waals surface area contributed by atoms with Gasteiger partial charge in [0.05, 0.1) is 12.7 Å². The number of esters is 1. The van der Waals surface area contributed by atoms with E-state index in [1.165, 1.54) is 7.11 Å². The summed E-state index contributed by atoms with van der Waals surface area (Å²) in [5.41, 5.74) is 2.87. The number of methoxy groups -OCH3 is 1. The van der Waals surface area contributed by atoms with Gasteiger partial charge in [-0.15, -0.1) is 0 Å². The van der Waals surface area contributed by atoms with Gasteiger partial charge in [0.1, 0.15) is 6.04 Å². The molecule has 1 atom stereocenters. The average Bonchev–Trinajstić information content (AvgIpc) is 2.61. The average molecular weight is 435 g/mol. The van der Waals surface area contributed by atoms with Crippen LogP contribution in [-0.2, 0) is 9.53 Å². The Morgan fingerprint density at radius 2 is 2.00 bits per heavy atom. The largest absolute Gasteiger partial charge is 0.466 e. The molecule has 0 bridgehead atoms. The first-order valence-corrected chi connectivity index (χ1v) is 9.07. The van der Waals surface area contributed by atoms with Gasteiger partial charge in [0.2, 0.25) is 5.96 Å². The zero-order valence-corrected chi connectivity index (χ0v) is 16.6. The predicted octanol–water partition coefficient (Wildman–Crippen LogP) is 4.66. The second-order valence-electron chi connectivity index (χ2n) is 5.72. The van der Waals surface area contributed by atoms with Crippen molar-refractivity contribution in [2.24, 2.45) is 4.99 Å². The Kier molecular flexibility index (Phi) is 5.64. The fourth-order valence-corrected chi connectivity index (χ4v) is 3.23. The van der Waals surface area contributed by atoms with E-state index in [0.29, 0.717) is 22.3 Å². The molecule has 0 radical (unpaired) electrons. The maximum atomic E-state index is 12.3. The number of nitrogens with zero attached hydrogens (tertiary/aromatic N) is 1. The molecule has 1 aliphatic rings. The number of halogens is 2. The minimum absolute atomic E-state index is 0.416. The molecule has 0 spiro atoms. The summed E-state index contributed by atoms with van der Waals surface area (Å²) in [7, 11) is 1.36. The minimum atomic E-state index is -0.490. The monoisotopic (exact) mass is 433 g/mol. The third-order valence-electron chi connectivity index (χ3n) is 3.92. The second kappa shape index (κ2) is 7.93. The maximum absolute atomic E-state index is 12.3. The molecule has 2 aromatic carbocycles. The lowest BCUT2D eigenvalue weighted by Gasteiger charge is -2.26. The first-order valence-electron chi connectivity index (χ1n) is 7.90. The van der Waals surface area contributed by atoms with Crippen molar-refractivity contribution in [1.82, 2.24) is 5.32 Å². The van der Waals surface area contributed by atoms with Gasteiger partial charge in [0.15, 0.2) is 0 Å². The molecule has 5 nitrogen and oxygen atoms in total. The number of nitrogens with one attached hydrogen (secondary N) is 2. The van der Waals surface area contributed by atoms with E-state index in [1.54, 1.807) is 12.1 Å². The van der Waals surface area contributed by atoms with Gasteiger partial charge in [-0.25, -0.2) is 9.79 Å². The summed E-state index contributed by atoms with van der Waals surface area (Å²) in [5, 5.41) is 7.00. The lowest BCUT2D eigenvalue weighted by atomic mass is 9.96. The Morgan fingerprint density at radius 1 is 1.27 bits per heavy atom. The third kappa shape index (κ3) is 4.08. The molecule has 0 amide bonds. The van der Waals surface area contributed by atoms with Gasteiger partial charge in [-0.2, -0.15) is 0 Å². The summed E-state index contributed by atoms with van der Waals surface area (Å²) in [4.78, 5) is 17.0. The molecule has 0 saturated carbocycles. The molecule has 0 saturated heterocycles. The van der Waals surface area contributed by atoms with Crippen molar-refractivity contribution in [1.29, 1.82) is 0 Å². The third-order valence-corrected chi connectivity index (χ3v) is 4.67. The van der Waals surface area contributed by atoms with Gasteiger partial charge in [0.25, 0.3) is 0 Å². The van der Waals surface area contributed by atoms with E-state index in [9.17, 15) is 4.79 Å². The van der Waals surface area contributed by atoms with Crippen molar-refractivity contribution in [2.45, 2.75) is 13.0 Å². The van der Waals surface area contributed by atoms with Crippen LogP contribution in [0.5, 0.6) is 0 Å². The zero-order valence-electron chi connectivity index (χ0n) is 14.2. The topological polar surface area (TPSA) is 62.7 Å². The smallest absolute Gasteiger partial charge is 0.338 e. The minimum Gasteiger partial charge on any atom is -0.466 e. The zero-order chi connectivity index (χ0) is 18.7. The van der Waals surface area contributed by atoms with Crippen molar-refractivity contribution >= 4 is 45.1 Å². The Balaban J connectivity index is 1.98. The number of anilines is 1. The maximum Gasteiger partial charge on any atom is 0.338 e. The van der Waals surface area contributed by atoms with E-state index in [1.807, 2.05) is 43.3 Å². The number of hydrogen-bond donors (Lipinski definition) is 2. The molecule has 0 aliphatic carbocycles. The molecule has 2 aromatic rings. The van der Waals surface area contributed by atoms with Crippen molar-refractivity contribution < 1.29 is 9.53 Å². The van der Waals surface area contributed by atoms with Crippen LogP contribution in [0.15, 0.2) is 69.3 Å². The predicted molar refractivity (Wildman–Crippen MR) is 107 cm³/mol. The summed E-state index contributed by atoms with van der Waals surface area (Å²) >= 11 is 9.44. The lowest BCUT2D eigenvalue weighted by Crippen LogP contribution is -2.36. The molecule has 1 unspecified atom stereocenters. The van der Waals surface area contributed by atoms with Crippen molar-refractivity contribution in [2.75, 3.05) is 12.4 Å². The molecule has 2 N–H and O–H groups in total. The number of rotatable bonds is 3. The Bertz CT molecular complexity index is 894. The number of carbonyl (C=O) groups is 1. The highest BCUT2D eigenvalue weighted by atomic mass is 79.9. The van der Waals surface area contributed by atoms with Crippen LogP contribution in [0.2, 0.25) is 5.02 Å². The number of hydrogen-bond acceptors (Lipinski definition) is 5. The molecule has 26 heavy (non-hydrogen) atoms. The van der Waals surface area contributed by atoms with Gasteiger partial charge >= 0.3 is 5.97 Å². The molecule has 134 valence electrons. The van der Waals surface area contributed by atoms with Crippen LogP contribution < -0.4 is 10.6 Å². The van der Waals surface area contributed by atoms with E-state index in [0.717, 1.165) is 15.7 Å². The van der Waals surface area contributed by atoms with E-state index in [-0.39, 0.29) is 0 Å². The normalized spacial score (nSPS) is 16.6. The number of benzene rings is 2. The molecular weight excluding hydrogens is 418 g/mol. The molecule has 7 heteroatoms. The first kappa shape index (κ1) is 18.5. The van der Waals surface area contributed by atoms with Crippen LogP contribution in [0.4, 0.5) is 5.69 Å². The molecule has 0 fully saturated rings. The van der Waals surface area contributed by atoms with Gasteiger partial charge in [-0.3, -0.25) is 0 Å². The molecule has 1 aliphatic heterocycles. The van der Waals surface area contributed by atoms with Crippen LogP contribution in [0.1, 0.15) is 18.5 Å². The van der Waals surface area contributed by atoms with E-state index < -0.39 is 12.0 Å². The second-order valence-corrected chi connectivity index (χ2v) is 7.07. The van der Waals surface area contributed by atoms with Crippen molar-refractivity contribution in [3.8, 4) is 0 Å². The summed E-state index contributed by atoms with van der Waals surface area (Å²) in [6.45, 7) is 1.83. The summed E-state index contributed by atoms with van der Waals surface area (Å²) in [6, 6.07) is 14.5. The van der Waals surface area contributed by atoms with Gasteiger partial charge < -0.3 is 15.4 Å². The lowest BCUT2D eigenvalue weighted by molar-refractivity contribution is -0.136. The molecule has 1 heterocycles. The van der Waals surface area contributed by atoms with E-state index in [4.69, 9.17) is 16.3 Å². The van der Waals surface area contributed by atoms with E-state index >= 15 is 0 Å². The number of aliphatic imine (C=N–C) groups is 1. The SMILES string of the molecule is COC(=O)C1=C(C)NC(Nc2cccc(Br)c2)=NC1c1ccc(Cl)cc1. The van der Waals surface area contributed by atoms with Crippen LogP contribution in [-0.4, -0.2) is 19.0 Å². The summed E-state index contributed by atoms with van der Waals surface area (Å²) in [6.07, 6.45) is 0. The highest BCUT2D eigenvalue weighted by Gasteiger charge is 2.30. The van der Waals surface area contributed by atoms with Crippen LogP contribution in [0.3, 0.4) is 0 Å². The van der Waals surface area contributed by atoms with Crippen molar-refractivity contribution in [3.63, 3.8) is 0 Å². The number of ether oxygens (including phenoxy) is 1. The summed E-state index contributed by atoms with van der Waals surface area (Å²) < 4.78 is 5.90. The van der Waals surface area contributed by atoms with Crippen molar-refractivity contribution in [3.05, 3.63) is 74.9 Å². The van der Waals surface area contributed by atoms with Gasteiger partial charge in [-0.05, 0) is 42.8 Å². The highest BCUT2D eigenvalue weighted by Crippen LogP contribution is 2.32. The fraction of sp³-hybridized carbons (Fsp3) is 0.158. The highest BCUT2D eigenvalue weighted by molar-refractivity contribution is 9.10. The number of guanidine groups is 1. The van der Waals surface area contributed by atoms with Crippen LogP contribution in [0.25, 0.3) is 0 Å². The Morgan fingerprint density at radius 3 is 2.65 bits per heavy atom. The molecule has 3 rings (SSSR count). The van der Waals surface area contributed by atoms with E-state index in [2.05, 4.69) is 31.6 Å². The first-order chi connectivity index (χ1) is 12.5. The quantitative estimate of drug-likeness (QED) is 0.690. The number of carbonyl (C=O) groups excluding carboxylic acids is 1. The molecule has 0 aromatic heterocycles. The Hall–Kier alpha value is -2.31. The van der Waals surface area contributed by atoms with Gasteiger partial charge in [0, 0.05) is 20.9 Å².